The van der Waals surface area contributed by atoms with E-state index in [-0.39, 0.29) is 35.2 Å². The van der Waals surface area contributed by atoms with Crippen molar-refractivity contribution in [2.45, 2.75) is 44.2 Å². The number of carbonyl (C=O) groups is 2. The molecule has 1 aliphatic carbocycles. The van der Waals surface area contributed by atoms with Crippen molar-refractivity contribution in [3.8, 4) is 11.3 Å². The molecule has 2 heterocycles. The summed E-state index contributed by atoms with van der Waals surface area (Å²) in [5.41, 5.74) is 2.16. The number of aromatic nitrogens is 1. The highest BCUT2D eigenvalue weighted by atomic mass is 19.1. The molecule has 3 aromatic rings. The Bertz CT molecular complexity index is 1220. The van der Waals surface area contributed by atoms with Crippen LogP contribution in [0.4, 0.5) is 13.2 Å². The minimum atomic E-state index is -0.704. The Morgan fingerprint density at radius 3 is 2.41 bits per heavy atom. The molecule has 2 amide bonds. The minimum absolute atomic E-state index is 0.0243. The third-order valence-corrected chi connectivity index (χ3v) is 6.53. The van der Waals surface area contributed by atoms with Gasteiger partial charge in [0.15, 0.2) is 0 Å². The van der Waals surface area contributed by atoms with E-state index in [2.05, 4.69) is 15.6 Å². The number of halogens is 3. The smallest absolute Gasteiger partial charge is 0.242 e. The first-order chi connectivity index (χ1) is 15.3. The van der Waals surface area contributed by atoms with Crippen LogP contribution in [0.1, 0.15) is 37.7 Å². The van der Waals surface area contributed by atoms with Crippen molar-refractivity contribution in [2.75, 3.05) is 0 Å². The van der Waals surface area contributed by atoms with Crippen LogP contribution in [-0.4, -0.2) is 28.9 Å². The lowest BCUT2D eigenvalue weighted by molar-refractivity contribution is -0.132. The molecule has 2 aliphatic rings. The average molecular weight is 441 g/mol. The largest absolute Gasteiger partial charge is 0.352 e. The second kappa shape index (κ2) is 7.69. The maximum absolute atomic E-state index is 14.5. The van der Waals surface area contributed by atoms with Gasteiger partial charge >= 0.3 is 0 Å². The monoisotopic (exact) mass is 441 g/mol. The lowest BCUT2D eigenvalue weighted by Gasteiger charge is -2.35. The van der Waals surface area contributed by atoms with Gasteiger partial charge in [0.25, 0.3) is 0 Å². The highest BCUT2D eigenvalue weighted by Crippen LogP contribution is 2.48. The molecule has 2 fully saturated rings. The van der Waals surface area contributed by atoms with Gasteiger partial charge in [0.1, 0.15) is 23.5 Å². The zero-order valence-corrected chi connectivity index (χ0v) is 17.3. The van der Waals surface area contributed by atoms with Crippen LogP contribution in [0.15, 0.2) is 36.4 Å². The average Bonchev–Trinajstić information content (AvgIpc) is 3.21. The molecule has 166 valence electrons. The molecule has 5 nitrogen and oxygen atoms in total. The third-order valence-electron chi connectivity index (χ3n) is 6.53. The fourth-order valence-electron chi connectivity index (χ4n) is 4.85. The van der Waals surface area contributed by atoms with Crippen molar-refractivity contribution in [1.29, 1.82) is 0 Å². The maximum atomic E-state index is 14.5. The van der Waals surface area contributed by atoms with E-state index in [0.29, 0.717) is 35.9 Å². The molecule has 0 bridgehead atoms. The van der Waals surface area contributed by atoms with Crippen LogP contribution >= 0.6 is 0 Å². The summed E-state index contributed by atoms with van der Waals surface area (Å²) >= 11 is 0. The summed E-state index contributed by atoms with van der Waals surface area (Å²) in [6.45, 7) is 1.88. The maximum Gasteiger partial charge on any atom is 0.242 e. The normalized spacial score (nSPS) is 24.9. The number of H-pyrrole nitrogens is 1. The highest BCUT2D eigenvalue weighted by Gasteiger charge is 2.40. The molecule has 1 aliphatic heterocycles. The predicted octanol–water partition coefficient (Wildman–Crippen LogP) is 4.14. The van der Waals surface area contributed by atoms with Gasteiger partial charge in [-0.3, -0.25) is 9.59 Å². The van der Waals surface area contributed by atoms with Gasteiger partial charge in [0.2, 0.25) is 11.8 Å². The van der Waals surface area contributed by atoms with Gasteiger partial charge in [0.05, 0.1) is 11.2 Å². The molecule has 32 heavy (non-hydrogen) atoms. The van der Waals surface area contributed by atoms with E-state index in [9.17, 15) is 22.8 Å². The summed E-state index contributed by atoms with van der Waals surface area (Å²) in [5.74, 6) is -2.53. The molecule has 3 N–H and O–H groups in total. The Balaban J connectivity index is 1.43. The highest BCUT2D eigenvalue weighted by molar-refractivity contribution is 5.93. The number of carbonyl (C=O) groups excluding carboxylic acids is 2. The van der Waals surface area contributed by atoms with Crippen LogP contribution in [0, 0.1) is 23.4 Å². The topological polar surface area (TPSA) is 74.0 Å². The van der Waals surface area contributed by atoms with E-state index in [1.165, 1.54) is 18.2 Å². The van der Waals surface area contributed by atoms with Crippen LogP contribution in [-0.2, 0) is 9.59 Å². The van der Waals surface area contributed by atoms with Crippen LogP contribution in [0.25, 0.3) is 22.2 Å². The van der Waals surface area contributed by atoms with Crippen LogP contribution in [0.5, 0.6) is 0 Å². The summed E-state index contributed by atoms with van der Waals surface area (Å²) in [7, 11) is 0. The van der Waals surface area contributed by atoms with Gasteiger partial charge < -0.3 is 15.6 Å². The zero-order chi connectivity index (χ0) is 22.6. The number of fused-ring (bicyclic) bond motifs is 1. The molecular formula is C24H22F3N3O2. The first-order valence-electron chi connectivity index (χ1n) is 10.7. The number of hydrogen-bond donors (Lipinski definition) is 3. The van der Waals surface area contributed by atoms with E-state index < -0.39 is 23.5 Å². The van der Waals surface area contributed by atoms with Crippen molar-refractivity contribution in [3.63, 3.8) is 0 Å². The van der Waals surface area contributed by atoms with Gasteiger partial charge in [-0.15, -0.1) is 0 Å². The Hall–Kier alpha value is -3.29. The van der Waals surface area contributed by atoms with Crippen molar-refractivity contribution >= 4 is 22.7 Å². The second-order valence-electron chi connectivity index (χ2n) is 8.80. The van der Waals surface area contributed by atoms with Gasteiger partial charge in [0, 0.05) is 23.4 Å². The molecule has 2 atom stereocenters. The Kier molecular flexibility index (Phi) is 4.95. The van der Waals surface area contributed by atoms with Crippen LogP contribution < -0.4 is 10.6 Å². The summed E-state index contributed by atoms with van der Waals surface area (Å²) < 4.78 is 41.9. The van der Waals surface area contributed by atoms with Gasteiger partial charge in [-0.1, -0.05) is 0 Å². The summed E-state index contributed by atoms with van der Waals surface area (Å²) in [4.78, 5) is 27.6. The SMILES string of the molecule is CC1C[C@H](NC(=O)[C@H]2C[C@H](c3c(-c4ccc(F)cc4)[nH]c4c(F)cc(F)cc43)C2)C(=O)N1. The number of hydrogen-bond acceptors (Lipinski definition) is 2. The van der Waals surface area contributed by atoms with E-state index in [0.717, 1.165) is 11.6 Å². The molecule has 1 aromatic heterocycles. The molecular weight excluding hydrogens is 419 g/mol. The molecule has 5 rings (SSSR count). The summed E-state index contributed by atoms with van der Waals surface area (Å²) in [6, 6.07) is 7.40. The minimum Gasteiger partial charge on any atom is -0.352 e. The van der Waals surface area contributed by atoms with Crippen molar-refractivity contribution in [3.05, 3.63) is 59.4 Å². The molecule has 0 spiro atoms. The number of rotatable bonds is 4. The number of benzene rings is 2. The second-order valence-corrected chi connectivity index (χ2v) is 8.80. The van der Waals surface area contributed by atoms with Crippen LogP contribution in [0.3, 0.4) is 0 Å². The van der Waals surface area contributed by atoms with Crippen molar-refractivity contribution in [1.82, 2.24) is 15.6 Å². The summed E-state index contributed by atoms with van der Waals surface area (Å²) in [6.07, 6.45) is 1.54. The number of aromatic amines is 1. The standard InChI is InChI=1S/C24H22F3N3O2/c1-11-6-19(24(32)28-11)29-23(31)14-7-13(8-14)20-17-9-16(26)10-18(27)22(17)30-21(20)12-2-4-15(25)5-3-12/h2-5,9-11,13-14,19,30H,6-8H2,1H3,(H,28,32)(H,29,31)/t11?,13-,14-,19-/m0/s1. The van der Waals surface area contributed by atoms with Gasteiger partial charge in [-0.05, 0) is 73.6 Å². The number of amides is 2. The Labute approximate surface area is 182 Å². The lowest BCUT2D eigenvalue weighted by Crippen LogP contribution is -2.45. The van der Waals surface area contributed by atoms with Crippen molar-refractivity contribution < 1.29 is 22.8 Å². The fourth-order valence-corrected chi connectivity index (χ4v) is 4.85. The predicted molar refractivity (Wildman–Crippen MR) is 113 cm³/mol. The molecule has 1 saturated carbocycles. The first-order valence-corrected chi connectivity index (χ1v) is 10.7. The molecule has 8 heteroatoms. The third kappa shape index (κ3) is 3.53. The Morgan fingerprint density at radius 2 is 1.75 bits per heavy atom. The number of nitrogens with one attached hydrogen (secondary N) is 3. The molecule has 1 saturated heterocycles. The molecule has 2 aromatic carbocycles. The molecule has 1 unspecified atom stereocenters. The van der Waals surface area contributed by atoms with E-state index in [1.807, 2.05) is 6.92 Å². The quantitative estimate of drug-likeness (QED) is 0.569. The lowest BCUT2D eigenvalue weighted by atomic mass is 9.69. The molecule has 0 radical (unpaired) electrons. The van der Waals surface area contributed by atoms with E-state index >= 15 is 0 Å². The van der Waals surface area contributed by atoms with Gasteiger partial charge in [-0.25, -0.2) is 13.2 Å². The summed E-state index contributed by atoms with van der Waals surface area (Å²) in [5, 5.41) is 6.02. The van der Waals surface area contributed by atoms with Crippen LogP contribution in [0.2, 0.25) is 0 Å². The Morgan fingerprint density at radius 1 is 1.03 bits per heavy atom. The van der Waals surface area contributed by atoms with E-state index in [1.54, 1.807) is 12.1 Å². The van der Waals surface area contributed by atoms with Gasteiger partial charge in [-0.2, -0.15) is 0 Å². The van der Waals surface area contributed by atoms with Crippen molar-refractivity contribution in [2.24, 2.45) is 5.92 Å². The zero-order valence-electron chi connectivity index (χ0n) is 17.3. The fraction of sp³-hybridized carbons (Fsp3) is 0.333. The van der Waals surface area contributed by atoms with E-state index in [4.69, 9.17) is 0 Å². The first kappa shape index (κ1) is 20.6.